The lowest BCUT2D eigenvalue weighted by atomic mass is 9.94. The highest BCUT2D eigenvalue weighted by atomic mass is 79.9. The van der Waals surface area contributed by atoms with Gasteiger partial charge < -0.3 is 5.32 Å². The van der Waals surface area contributed by atoms with Crippen LogP contribution in [-0.4, -0.2) is 26.0 Å². The van der Waals surface area contributed by atoms with Crippen LogP contribution in [0.25, 0.3) is 0 Å². The molecule has 0 saturated carbocycles. The summed E-state index contributed by atoms with van der Waals surface area (Å²) in [4.78, 5) is 0. The number of hydrogen-bond donors (Lipinski definition) is 1. The number of nitrogens with one attached hydrogen (secondary N) is 1. The fourth-order valence-corrected chi connectivity index (χ4v) is 2.98. The maximum atomic E-state index is 14.3. The molecule has 0 aliphatic carbocycles. The van der Waals surface area contributed by atoms with Crippen LogP contribution in [0.4, 0.5) is 8.78 Å². The van der Waals surface area contributed by atoms with Crippen LogP contribution >= 0.6 is 15.9 Å². The van der Waals surface area contributed by atoms with E-state index in [1.807, 2.05) is 6.92 Å². The SMILES string of the molecule is CCCNC(c1c(F)ccc(Br)c1F)C(C)(C)S(C)(=O)=O. The molecule has 0 spiro atoms. The van der Waals surface area contributed by atoms with Crippen LogP contribution in [0.2, 0.25) is 0 Å². The van der Waals surface area contributed by atoms with Crippen molar-refractivity contribution in [1.82, 2.24) is 5.32 Å². The molecule has 1 atom stereocenters. The molecule has 0 aromatic heterocycles. The molecule has 21 heavy (non-hydrogen) atoms. The molecule has 3 nitrogen and oxygen atoms in total. The first-order chi connectivity index (χ1) is 9.54. The number of benzene rings is 1. The maximum absolute atomic E-state index is 14.3. The van der Waals surface area contributed by atoms with Gasteiger partial charge >= 0.3 is 0 Å². The highest BCUT2D eigenvalue weighted by Gasteiger charge is 2.42. The van der Waals surface area contributed by atoms with Crippen LogP contribution in [0.3, 0.4) is 0 Å². The second-order valence-electron chi connectivity index (χ2n) is 5.52. The first-order valence-electron chi connectivity index (χ1n) is 6.60. The van der Waals surface area contributed by atoms with Gasteiger partial charge in [0.1, 0.15) is 11.6 Å². The molecule has 1 rings (SSSR count). The molecule has 0 aliphatic heterocycles. The van der Waals surface area contributed by atoms with Gasteiger partial charge in [-0.15, -0.1) is 0 Å². The summed E-state index contributed by atoms with van der Waals surface area (Å²) in [5.41, 5.74) is -0.256. The van der Waals surface area contributed by atoms with E-state index in [9.17, 15) is 17.2 Å². The molecule has 0 heterocycles. The third-order valence-corrected chi connectivity index (χ3v) is 6.38. The molecule has 0 amide bonds. The summed E-state index contributed by atoms with van der Waals surface area (Å²) in [7, 11) is -3.54. The van der Waals surface area contributed by atoms with E-state index in [0.717, 1.165) is 12.3 Å². The largest absolute Gasteiger partial charge is 0.308 e. The van der Waals surface area contributed by atoms with Crippen LogP contribution in [0.5, 0.6) is 0 Å². The fourth-order valence-electron chi connectivity index (χ4n) is 2.01. The lowest BCUT2D eigenvalue weighted by molar-refractivity contribution is 0.390. The molecular weight excluding hydrogens is 364 g/mol. The van der Waals surface area contributed by atoms with E-state index in [-0.39, 0.29) is 10.0 Å². The number of rotatable bonds is 6. The zero-order valence-electron chi connectivity index (χ0n) is 12.5. The smallest absolute Gasteiger partial charge is 0.154 e. The Balaban J connectivity index is 3.51. The predicted molar refractivity (Wildman–Crippen MR) is 84.0 cm³/mol. The van der Waals surface area contributed by atoms with E-state index in [4.69, 9.17) is 0 Å². The fraction of sp³-hybridized carbons (Fsp3) is 0.571. The van der Waals surface area contributed by atoms with Gasteiger partial charge in [0.05, 0.1) is 15.3 Å². The summed E-state index contributed by atoms with van der Waals surface area (Å²) in [6, 6.07) is 1.41. The molecular formula is C14H20BrF2NO2S. The van der Waals surface area contributed by atoms with Gasteiger partial charge in [0, 0.05) is 11.8 Å². The van der Waals surface area contributed by atoms with Crippen LogP contribution in [0, 0.1) is 11.6 Å². The van der Waals surface area contributed by atoms with Crippen molar-refractivity contribution in [3.8, 4) is 0 Å². The van der Waals surface area contributed by atoms with Crippen molar-refractivity contribution in [3.05, 3.63) is 33.8 Å². The van der Waals surface area contributed by atoms with E-state index in [1.165, 1.54) is 19.9 Å². The van der Waals surface area contributed by atoms with Gasteiger partial charge in [-0.25, -0.2) is 17.2 Å². The van der Waals surface area contributed by atoms with Gasteiger partial charge in [0.25, 0.3) is 0 Å². The summed E-state index contributed by atoms with van der Waals surface area (Å²) < 4.78 is 51.3. The molecule has 1 aromatic rings. The summed E-state index contributed by atoms with van der Waals surface area (Å²) in [6.45, 7) is 5.28. The van der Waals surface area contributed by atoms with E-state index in [0.29, 0.717) is 13.0 Å². The topological polar surface area (TPSA) is 46.2 Å². The van der Waals surface area contributed by atoms with Gasteiger partial charge in [-0.05, 0) is 54.9 Å². The molecule has 0 fully saturated rings. The summed E-state index contributed by atoms with van der Waals surface area (Å²) in [5, 5.41) is 2.96. The quantitative estimate of drug-likeness (QED) is 0.763. The third kappa shape index (κ3) is 3.81. The van der Waals surface area contributed by atoms with Gasteiger partial charge in [-0.2, -0.15) is 0 Å². The van der Waals surface area contributed by atoms with Crippen LogP contribution in [0.1, 0.15) is 38.8 Å². The molecule has 0 radical (unpaired) electrons. The Bertz CT molecular complexity index is 618. The summed E-state index contributed by atoms with van der Waals surface area (Å²) in [6.07, 6.45) is 1.79. The predicted octanol–water partition coefficient (Wildman–Crippen LogP) is 3.59. The normalized spacial score (nSPS) is 14.2. The highest BCUT2D eigenvalue weighted by molar-refractivity contribution is 9.10. The Morgan fingerprint density at radius 3 is 2.38 bits per heavy atom. The van der Waals surface area contributed by atoms with E-state index < -0.39 is 32.3 Å². The standard InChI is InChI=1S/C14H20BrF2NO2S/c1-5-8-18-13(14(2,3)21(4,19)20)11-10(16)7-6-9(15)12(11)17/h6-7,13,18H,5,8H2,1-4H3. The molecule has 1 N–H and O–H groups in total. The van der Waals surface area contributed by atoms with Crippen LogP contribution in [-0.2, 0) is 9.84 Å². The van der Waals surface area contributed by atoms with Gasteiger partial charge in [0.2, 0.25) is 0 Å². The molecule has 0 bridgehead atoms. The molecule has 0 saturated heterocycles. The van der Waals surface area contributed by atoms with Crippen molar-refractivity contribution in [2.24, 2.45) is 0 Å². The Kier molecular flexibility index (Phi) is 5.91. The number of sulfone groups is 1. The lowest BCUT2D eigenvalue weighted by Crippen LogP contribution is -2.46. The van der Waals surface area contributed by atoms with Gasteiger partial charge in [0.15, 0.2) is 9.84 Å². The van der Waals surface area contributed by atoms with Crippen LogP contribution < -0.4 is 5.32 Å². The van der Waals surface area contributed by atoms with E-state index in [1.54, 1.807) is 0 Å². The van der Waals surface area contributed by atoms with Crippen molar-refractivity contribution >= 4 is 25.8 Å². The average Bonchev–Trinajstić information content (AvgIpc) is 2.36. The van der Waals surface area contributed by atoms with Crippen molar-refractivity contribution in [3.63, 3.8) is 0 Å². The Morgan fingerprint density at radius 1 is 1.33 bits per heavy atom. The first-order valence-corrected chi connectivity index (χ1v) is 9.28. The Labute approximate surface area is 133 Å². The monoisotopic (exact) mass is 383 g/mol. The van der Waals surface area contributed by atoms with Gasteiger partial charge in [-0.3, -0.25) is 0 Å². The molecule has 1 unspecified atom stereocenters. The van der Waals surface area contributed by atoms with E-state index in [2.05, 4.69) is 21.2 Å². The zero-order valence-corrected chi connectivity index (χ0v) is 14.9. The highest BCUT2D eigenvalue weighted by Crippen LogP contribution is 2.36. The Morgan fingerprint density at radius 2 is 1.90 bits per heavy atom. The number of hydrogen-bond acceptors (Lipinski definition) is 3. The third-order valence-electron chi connectivity index (χ3n) is 3.62. The van der Waals surface area contributed by atoms with Crippen molar-refractivity contribution < 1.29 is 17.2 Å². The molecule has 7 heteroatoms. The van der Waals surface area contributed by atoms with Gasteiger partial charge in [-0.1, -0.05) is 6.92 Å². The van der Waals surface area contributed by atoms with Crippen LogP contribution in [0.15, 0.2) is 16.6 Å². The minimum atomic E-state index is -3.54. The van der Waals surface area contributed by atoms with E-state index >= 15 is 0 Å². The minimum Gasteiger partial charge on any atom is -0.308 e. The lowest BCUT2D eigenvalue weighted by Gasteiger charge is -2.34. The Hall–Kier alpha value is -0.530. The number of halogens is 3. The average molecular weight is 384 g/mol. The summed E-state index contributed by atoms with van der Waals surface area (Å²) in [5.74, 6) is -1.54. The van der Waals surface area contributed by atoms with Crippen molar-refractivity contribution in [2.45, 2.75) is 38.0 Å². The molecule has 0 aliphatic rings. The zero-order chi connectivity index (χ0) is 16.4. The summed E-state index contributed by atoms with van der Waals surface area (Å²) >= 11 is 3.02. The molecule has 120 valence electrons. The maximum Gasteiger partial charge on any atom is 0.154 e. The second-order valence-corrected chi connectivity index (χ2v) is 8.97. The van der Waals surface area contributed by atoms with Crippen molar-refractivity contribution in [1.29, 1.82) is 0 Å². The first kappa shape index (κ1) is 18.5. The minimum absolute atomic E-state index is 0.103. The molecule has 1 aromatic carbocycles. The second kappa shape index (κ2) is 6.71. The van der Waals surface area contributed by atoms with Crippen molar-refractivity contribution in [2.75, 3.05) is 12.8 Å².